The van der Waals surface area contributed by atoms with Gasteiger partial charge in [-0.05, 0) is 30.5 Å². The van der Waals surface area contributed by atoms with Crippen LogP contribution < -0.4 is 5.32 Å². The fourth-order valence-corrected chi connectivity index (χ4v) is 3.56. The number of aliphatic hydroxyl groups excluding tert-OH is 1. The summed E-state index contributed by atoms with van der Waals surface area (Å²) in [7, 11) is 0. The third-order valence-electron chi connectivity index (χ3n) is 3.04. The Bertz CT molecular complexity index is 656. The number of carbonyl (C=O) groups excluding carboxylic acids is 1. The third-order valence-corrected chi connectivity index (χ3v) is 4.70. The molecule has 3 nitrogen and oxygen atoms in total. The van der Waals surface area contributed by atoms with Crippen molar-refractivity contribution in [1.82, 2.24) is 5.32 Å². The van der Waals surface area contributed by atoms with Crippen molar-refractivity contribution < 1.29 is 14.3 Å². The fraction of sp³-hybridized carbons (Fsp3) is 0.400. The van der Waals surface area contributed by atoms with Gasteiger partial charge < -0.3 is 10.4 Å². The zero-order valence-electron chi connectivity index (χ0n) is 11.8. The van der Waals surface area contributed by atoms with Crippen LogP contribution in [0.5, 0.6) is 0 Å². The smallest absolute Gasteiger partial charge is 0.263 e. The Morgan fingerprint density at radius 1 is 1.48 bits per heavy atom. The number of thiophene rings is 1. The second-order valence-electron chi connectivity index (χ2n) is 5.38. The Labute approximate surface area is 131 Å². The van der Waals surface area contributed by atoms with Crippen LogP contribution in [0.2, 0.25) is 5.02 Å². The summed E-state index contributed by atoms with van der Waals surface area (Å²) in [5.41, 5.74) is 0. The van der Waals surface area contributed by atoms with Crippen molar-refractivity contribution in [3.05, 3.63) is 33.9 Å². The van der Waals surface area contributed by atoms with E-state index in [9.17, 15) is 14.3 Å². The lowest BCUT2D eigenvalue weighted by Gasteiger charge is -2.13. The van der Waals surface area contributed by atoms with E-state index in [2.05, 4.69) is 5.32 Å². The summed E-state index contributed by atoms with van der Waals surface area (Å²) < 4.78 is 13.8. The van der Waals surface area contributed by atoms with Crippen molar-refractivity contribution in [3.8, 4) is 0 Å². The van der Waals surface area contributed by atoms with Gasteiger partial charge in [-0.15, -0.1) is 11.3 Å². The number of rotatable bonds is 5. The van der Waals surface area contributed by atoms with E-state index in [4.69, 9.17) is 11.6 Å². The highest BCUT2D eigenvalue weighted by molar-refractivity contribution is 7.21. The van der Waals surface area contributed by atoms with E-state index in [-0.39, 0.29) is 18.3 Å². The van der Waals surface area contributed by atoms with Gasteiger partial charge in [-0.3, -0.25) is 4.79 Å². The summed E-state index contributed by atoms with van der Waals surface area (Å²) in [5, 5.41) is 13.4. The van der Waals surface area contributed by atoms with E-state index in [1.165, 1.54) is 12.1 Å². The van der Waals surface area contributed by atoms with Crippen molar-refractivity contribution >= 4 is 38.9 Å². The molecular formula is C15H17ClFNO2S. The summed E-state index contributed by atoms with van der Waals surface area (Å²) >= 11 is 7.31. The SMILES string of the molecule is CC(C)CC(O)CNC(=O)c1sc2cc(F)ccc2c1Cl. The Morgan fingerprint density at radius 2 is 2.19 bits per heavy atom. The van der Waals surface area contributed by atoms with Gasteiger partial charge in [-0.2, -0.15) is 0 Å². The van der Waals surface area contributed by atoms with E-state index in [0.717, 1.165) is 11.3 Å². The molecule has 2 rings (SSSR count). The molecular weight excluding hydrogens is 313 g/mol. The van der Waals surface area contributed by atoms with Crippen LogP contribution in [-0.2, 0) is 0 Å². The second kappa shape index (κ2) is 6.73. The summed E-state index contributed by atoms with van der Waals surface area (Å²) in [6.07, 6.45) is 0.0330. The van der Waals surface area contributed by atoms with E-state index < -0.39 is 6.10 Å². The molecule has 1 aromatic carbocycles. The molecule has 1 amide bonds. The Hall–Kier alpha value is -1.17. The summed E-state index contributed by atoms with van der Waals surface area (Å²) in [5.74, 6) is -0.350. The van der Waals surface area contributed by atoms with Gasteiger partial charge in [0.1, 0.15) is 10.7 Å². The van der Waals surface area contributed by atoms with E-state index >= 15 is 0 Å². The number of amides is 1. The summed E-state index contributed by atoms with van der Waals surface area (Å²) in [6.45, 7) is 4.18. The maximum atomic E-state index is 13.2. The molecule has 114 valence electrons. The molecule has 2 aromatic rings. The summed E-state index contributed by atoms with van der Waals surface area (Å²) in [6, 6.07) is 4.24. The normalized spacial score (nSPS) is 12.9. The molecule has 6 heteroatoms. The predicted octanol–water partition coefficient (Wildman–Crippen LogP) is 3.83. The second-order valence-corrected chi connectivity index (χ2v) is 6.81. The minimum absolute atomic E-state index is 0.177. The molecule has 21 heavy (non-hydrogen) atoms. The highest BCUT2D eigenvalue weighted by Crippen LogP contribution is 2.35. The fourth-order valence-electron chi connectivity index (χ4n) is 2.10. The molecule has 1 atom stereocenters. The number of hydrogen-bond donors (Lipinski definition) is 2. The van der Waals surface area contributed by atoms with Gasteiger partial charge in [0.2, 0.25) is 0 Å². The zero-order chi connectivity index (χ0) is 15.6. The molecule has 0 saturated heterocycles. The van der Waals surface area contributed by atoms with Gasteiger partial charge in [0.15, 0.2) is 0 Å². The quantitative estimate of drug-likeness (QED) is 0.875. The van der Waals surface area contributed by atoms with Gasteiger partial charge in [0, 0.05) is 16.6 Å². The number of carbonyl (C=O) groups is 1. The average molecular weight is 330 g/mol. The molecule has 0 radical (unpaired) electrons. The van der Waals surface area contributed by atoms with Gasteiger partial charge >= 0.3 is 0 Å². The van der Waals surface area contributed by atoms with Gasteiger partial charge in [-0.25, -0.2) is 4.39 Å². The van der Waals surface area contributed by atoms with Crippen LogP contribution in [0.25, 0.3) is 10.1 Å². The first kappa shape index (κ1) is 16.2. The zero-order valence-corrected chi connectivity index (χ0v) is 13.4. The van der Waals surface area contributed by atoms with Crippen LogP contribution in [0.3, 0.4) is 0 Å². The molecule has 1 unspecified atom stereocenters. The van der Waals surface area contributed by atoms with Crippen LogP contribution in [0, 0.1) is 11.7 Å². The maximum absolute atomic E-state index is 13.2. The van der Waals surface area contributed by atoms with Crippen molar-refractivity contribution in [2.45, 2.75) is 26.4 Å². The topological polar surface area (TPSA) is 49.3 Å². The molecule has 0 spiro atoms. The highest BCUT2D eigenvalue weighted by atomic mass is 35.5. The van der Waals surface area contributed by atoms with E-state index in [1.54, 1.807) is 6.07 Å². The average Bonchev–Trinajstić information content (AvgIpc) is 2.72. The molecule has 2 N–H and O–H groups in total. The number of benzene rings is 1. The van der Waals surface area contributed by atoms with Gasteiger partial charge in [0.25, 0.3) is 5.91 Å². The van der Waals surface area contributed by atoms with Crippen molar-refractivity contribution in [3.63, 3.8) is 0 Å². The molecule has 0 aliphatic heterocycles. The predicted molar refractivity (Wildman–Crippen MR) is 84.6 cm³/mol. The molecule has 0 saturated carbocycles. The molecule has 0 bridgehead atoms. The van der Waals surface area contributed by atoms with Crippen LogP contribution in [0.1, 0.15) is 29.9 Å². The van der Waals surface area contributed by atoms with Gasteiger partial charge in [-0.1, -0.05) is 25.4 Å². The number of aliphatic hydroxyl groups is 1. The van der Waals surface area contributed by atoms with Crippen molar-refractivity contribution in [2.75, 3.05) is 6.54 Å². The first-order chi connectivity index (χ1) is 9.88. The van der Waals surface area contributed by atoms with E-state index in [1.807, 2.05) is 13.8 Å². The van der Waals surface area contributed by atoms with Crippen molar-refractivity contribution in [1.29, 1.82) is 0 Å². The lowest BCUT2D eigenvalue weighted by molar-refractivity contribution is 0.0904. The number of halogens is 2. The Balaban J connectivity index is 2.11. The van der Waals surface area contributed by atoms with Gasteiger partial charge in [0.05, 0.1) is 11.1 Å². The van der Waals surface area contributed by atoms with Crippen LogP contribution in [0.15, 0.2) is 18.2 Å². The minimum Gasteiger partial charge on any atom is -0.391 e. The number of fused-ring (bicyclic) bond motifs is 1. The number of nitrogens with one attached hydrogen (secondary N) is 1. The standard InChI is InChI=1S/C15H17ClFNO2S/c1-8(2)5-10(19)7-18-15(20)14-13(16)11-4-3-9(17)6-12(11)21-14/h3-4,6,8,10,19H,5,7H2,1-2H3,(H,18,20). The van der Waals surface area contributed by atoms with Crippen molar-refractivity contribution in [2.24, 2.45) is 5.92 Å². The lowest BCUT2D eigenvalue weighted by Crippen LogP contribution is -2.32. The highest BCUT2D eigenvalue weighted by Gasteiger charge is 2.18. The van der Waals surface area contributed by atoms with Crippen LogP contribution in [-0.4, -0.2) is 23.7 Å². The first-order valence-electron chi connectivity index (χ1n) is 6.72. The monoisotopic (exact) mass is 329 g/mol. The molecule has 1 aromatic heterocycles. The molecule has 0 aliphatic carbocycles. The number of hydrogen-bond acceptors (Lipinski definition) is 3. The maximum Gasteiger partial charge on any atom is 0.263 e. The Morgan fingerprint density at radius 3 is 2.86 bits per heavy atom. The van der Waals surface area contributed by atoms with Crippen LogP contribution in [0.4, 0.5) is 4.39 Å². The lowest BCUT2D eigenvalue weighted by atomic mass is 10.1. The molecule has 0 aliphatic rings. The van der Waals surface area contributed by atoms with Crippen LogP contribution >= 0.6 is 22.9 Å². The Kier molecular flexibility index (Phi) is 5.19. The first-order valence-corrected chi connectivity index (χ1v) is 7.91. The van der Waals surface area contributed by atoms with E-state index in [0.29, 0.717) is 32.3 Å². The molecule has 0 fully saturated rings. The third kappa shape index (κ3) is 3.93. The largest absolute Gasteiger partial charge is 0.391 e. The molecule has 1 heterocycles. The summed E-state index contributed by atoms with van der Waals surface area (Å²) in [4.78, 5) is 12.5. The minimum atomic E-state index is -0.584.